The number of methoxy groups -OCH3 is 1. The predicted molar refractivity (Wildman–Crippen MR) is 128 cm³/mol. The molecule has 1 saturated heterocycles. The third-order valence-corrected chi connectivity index (χ3v) is 6.06. The number of nitrogens with zero attached hydrogens (tertiary/aromatic N) is 1. The average molecular weight is 466 g/mol. The van der Waals surface area contributed by atoms with Gasteiger partial charge in [0.25, 0.3) is 5.91 Å². The van der Waals surface area contributed by atoms with E-state index in [0.717, 1.165) is 18.4 Å². The number of ether oxygens (including phenoxy) is 3. The third kappa shape index (κ3) is 7.85. The second kappa shape index (κ2) is 13.4. The molecule has 0 N–H and O–H groups in total. The molecule has 31 heavy (non-hydrogen) atoms. The fraction of sp³-hybridized carbons (Fsp3) is 0.522. The Bertz CT molecular complexity index is 809. The van der Waals surface area contributed by atoms with E-state index in [1.807, 2.05) is 18.2 Å². The molecule has 1 amide bonds. The van der Waals surface area contributed by atoms with Crippen molar-refractivity contribution < 1.29 is 23.8 Å². The molecule has 0 unspecified atom stereocenters. The van der Waals surface area contributed by atoms with Gasteiger partial charge in [-0.05, 0) is 43.5 Å². The standard InChI is InChI=1S/C23H31NO5S2/c1-4-6-7-8-14-29-18-12-11-17(15-19(18)27-3)16-20-22(26)24(23(30)31-20)13-9-10-21(25)28-5-2/h11-12,15-16H,4-10,13-14H2,1-3H3/b20-16-. The summed E-state index contributed by atoms with van der Waals surface area (Å²) in [6.45, 7) is 5.36. The molecular formula is C23H31NO5S2. The molecule has 2 rings (SSSR count). The van der Waals surface area contributed by atoms with Gasteiger partial charge in [-0.25, -0.2) is 0 Å². The van der Waals surface area contributed by atoms with Gasteiger partial charge in [-0.15, -0.1) is 0 Å². The maximum atomic E-state index is 12.7. The fourth-order valence-electron chi connectivity index (χ4n) is 3.06. The van der Waals surface area contributed by atoms with Crippen LogP contribution in [0.2, 0.25) is 0 Å². The number of amides is 1. The molecule has 1 aromatic carbocycles. The van der Waals surface area contributed by atoms with Crippen LogP contribution in [-0.2, 0) is 14.3 Å². The lowest BCUT2D eigenvalue weighted by Crippen LogP contribution is -2.29. The number of hydrogen-bond donors (Lipinski definition) is 0. The summed E-state index contributed by atoms with van der Waals surface area (Å²) in [4.78, 5) is 26.3. The van der Waals surface area contributed by atoms with Gasteiger partial charge in [0.1, 0.15) is 4.32 Å². The fourth-order valence-corrected chi connectivity index (χ4v) is 4.37. The van der Waals surface area contributed by atoms with E-state index in [4.69, 9.17) is 26.4 Å². The Kier molecular flexibility index (Phi) is 10.9. The first kappa shape index (κ1) is 25.2. The Balaban J connectivity index is 1.98. The third-order valence-electron chi connectivity index (χ3n) is 4.68. The van der Waals surface area contributed by atoms with Crippen molar-refractivity contribution >= 4 is 46.3 Å². The maximum absolute atomic E-state index is 12.7. The SMILES string of the molecule is CCCCCCOc1ccc(/C=C2\SC(=S)N(CCCC(=O)OCC)C2=O)cc1OC. The van der Waals surface area contributed by atoms with E-state index in [1.165, 1.54) is 29.5 Å². The van der Waals surface area contributed by atoms with Gasteiger partial charge in [0, 0.05) is 13.0 Å². The molecule has 0 saturated carbocycles. The van der Waals surface area contributed by atoms with E-state index in [1.54, 1.807) is 20.1 Å². The Hall–Kier alpha value is -2.06. The summed E-state index contributed by atoms with van der Waals surface area (Å²) in [5, 5.41) is 0. The minimum Gasteiger partial charge on any atom is -0.493 e. The summed E-state index contributed by atoms with van der Waals surface area (Å²) in [5.41, 5.74) is 0.835. The van der Waals surface area contributed by atoms with Crippen LogP contribution in [0.3, 0.4) is 0 Å². The minimum absolute atomic E-state index is 0.144. The van der Waals surface area contributed by atoms with Crippen molar-refractivity contribution in [1.82, 2.24) is 4.90 Å². The van der Waals surface area contributed by atoms with Gasteiger partial charge in [-0.2, -0.15) is 0 Å². The van der Waals surface area contributed by atoms with Gasteiger partial charge in [0.2, 0.25) is 0 Å². The molecule has 1 heterocycles. The molecule has 0 atom stereocenters. The summed E-state index contributed by atoms with van der Waals surface area (Å²) >= 11 is 6.62. The number of rotatable bonds is 13. The number of unbranched alkanes of at least 4 members (excludes halogenated alkanes) is 3. The smallest absolute Gasteiger partial charge is 0.305 e. The lowest BCUT2D eigenvalue weighted by molar-refractivity contribution is -0.143. The van der Waals surface area contributed by atoms with Crippen molar-refractivity contribution in [1.29, 1.82) is 0 Å². The second-order valence-corrected chi connectivity index (χ2v) is 8.74. The Morgan fingerprint density at radius 2 is 1.97 bits per heavy atom. The van der Waals surface area contributed by atoms with Gasteiger partial charge >= 0.3 is 5.97 Å². The molecular weight excluding hydrogens is 434 g/mol. The number of carbonyl (C=O) groups excluding carboxylic acids is 2. The minimum atomic E-state index is -0.261. The quantitative estimate of drug-likeness (QED) is 0.172. The highest BCUT2D eigenvalue weighted by Gasteiger charge is 2.31. The van der Waals surface area contributed by atoms with Crippen molar-refractivity contribution in [3.8, 4) is 11.5 Å². The molecule has 170 valence electrons. The summed E-state index contributed by atoms with van der Waals surface area (Å²) in [5.74, 6) is 0.925. The highest BCUT2D eigenvalue weighted by atomic mass is 32.2. The molecule has 0 spiro atoms. The van der Waals surface area contributed by atoms with Crippen LogP contribution in [0.5, 0.6) is 11.5 Å². The number of thioether (sulfide) groups is 1. The number of esters is 1. The van der Waals surface area contributed by atoms with Crippen molar-refractivity contribution in [2.45, 2.75) is 52.4 Å². The zero-order valence-electron chi connectivity index (χ0n) is 18.5. The van der Waals surface area contributed by atoms with E-state index in [2.05, 4.69) is 6.92 Å². The molecule has 6 nitrogen and oxygen atoms in total. The molecule has 1 aliphatic heterocycles. The van der Waals surface area contributed by atoms with E-state index in [9.17, 15) is 9.59 Å². The molecule has 0 aliphatic carbocycles. The first-order valence-electron chi connectivity index (χ1n) is 10.7. The van der Waals surface area contributed by atoms with Crippen molar-refractivity contribution in [2.75, 3.05) is 26.9 Å². The van der Waals surface area contributed by atoms with Crippen LogP contribution in [0.25, 0.3) is 6.08 Å². The van der Waals surface area contributed by atoms with Gasteiger partial charge in [0.05, 0.1) is 25.2 Å². The second-order valence-electron chi connectivity index (χ2n) is 7.06. The van der Waals surface area contributed by atoms with Gasteiger partial charge in [-0.3, -0.25) is 14.5 Å². The van der Waals surface area contributed by atoms with Crippen LogP contribution < -0.4 is 9.47 Å². The topological polar surface area (TPSA) is 65.1 Å². The molecule has 8 heteroatoms. The number of hydrogen-bond acceptors (Lipinski definition) is 7. The van der Waals surface area contributed by atoms with E-state index < -0.39 is 0 Å². The first-order valence-corrected chi connectivity index (χ1v) is 11.9. The van der Waals surface area contributed by atoms with Crippen LogP contribution >= 0.6 is 24.0 Å². The van der Waals surface area contributed by atoms with Crippen molar-refractivity contribution in [3.63, 3.8) is 0 Å². The van der Waals surface area contributed by atoms with E-state index >= 15 is 0 Å². The normalized spacial score (nSPS) is 14.9. The summed E-state index contributed by atoms with van der Waals surface area (Å²) in [6.07, 6.45) is 7.14. The van der Waals surface area contributed by atoms with Gasteiger partial charge < -0.3 is 14.2 Å². The lowest BCUT2D eigenvalue weighted by Gasteiger charge is -2.13. The monoisotopic (exact) mass is 465 g/mol. The molecule has 1 aliphatic rings. The molecule has 1 fully saturated rings. The van der Waals surface area contributed by atoms with E-state index in [-0.39, 0.29) is 18.3 Å². The zero-order chi connectivity index (χ0) is 22.6. The summed E-state index contributed by atoms with van der Waals surface area (Å²) < 4.78 is 16.7. The van der Waals surface area contributed by atoms with Gasteiger partial charge in [0.15, 0.2) is 11.5 Å². The molecule has 0 radical (unpaired) electrons. The number of carbonyl (C=O) groups is 2. The maximum Gasteiger partial charge on any atom is 0.305 e. The number of benzene rings is 1. The van der Waals surface area contributed by atoms with E-state index in [0.29, 0.717) is 46.9 Å². The summed E-state index contributed by atoms with van der Waals surface area (Å²) in [6, 6.07) is 5.62. The zero-order valence-corrected chi connectivity index (χ0v) is 20.1. The first-order chi connectivity index (χ1) is 15.0. The predicted octanol–water partition coefficient (Wildman–Crippen LogP) is 5.20. The highest BCUT2D eigenvalue weighted by Crippen LogP contribution is 2.35. The Morgan fingerprint density at radius 3 is 2.68 bits per heavy atom. The highest BCUT2D eigenvalue weighted by molar-refractivity contribution is 8.26. The molecule has 0 bridgehead atoms. The van der Waals surface area contributed by atoms with Crippen molar-refractivity contribution in [3.05, 3.63) is 28.7 Å². The van der Waals surface area contributed by atoms with Gasteiger partial charge in [-0.1, -0.05) is 56.2 Å². The molecule has 0 aromatic heterocycles. The van der Waals surface area contributed by atoms with Crippen LogP contribution in [-0.4, -0.2) is 48.0 Å². The van der Waals surface area contributed by atoms with Crippen LogP contribution in [0.1, 0.15) is 57.9 Å². The number of thiocarbonyl (C=S) groups is 1. The van der Waals surface area contributed by atoms with Crippen molar-refractivity contribution in [2.24, 2.45) is 0 Å². The Labute approximate surface area is 194 Å². The average Bonchev–Trinajstić information content (AvgIpc) is 3.01. The molecule has 1 aromatic rings. The Morgan fingerprint density at radius 1 is 1.16 bits per heavy atom. The summed E-state index contributed by atoms with van der Waals surface area (Å²) in [7, 11) is 1.60. The largest absolute Gasteiger partial charge is 0.493 e. The van der Waals surface area contributed by atoms with Crippen LogP contribution in [0, 0.1) is 0 Å². The lowest BCUT2D eigenvalue weighted by atomic mass is 10.1. The van der Waals surface area contributed by atoms with Crippen LogP contribution in [0.4, 0.5) is 0 Å². The van der Waals surface area contributed by atoms with Crippen LogP contribution in [0.15, 0.2) is 23.1 Å².